The molecule has 0 aliphatic carbocycles. The summed E-state index contributed by atoms with van der Waals surface area (Å²) < 4.78 is 40.1. The van der Waals surface area contributed by atoms with E-state index < -0.39 is 27.9 Å². The van der Waals surface area contributed by atoms with Crippen LogP contribution in [0.1, 0.15) is 23.9 Å². The van der Waals surface area contributed by atoms with Gasteiger partial charge in [-0.15, -0.1) is 0 Å². The number of hydrogen-bond acceptors (Lipinski definition) is 5. The zero-order valence-electron chi connectivity index (χ0n) is 16.8. The van der Waals surface area contributed by atoms with Gasteiger partial charge in [0, 0.05) is 18.2 Å². The van der Waals surface area contributed by atoms with Crippen LogP contribution in [0, 0.1) is 5.82 Å². The molecule has 1 aliphatic rings. The number of carbonyl (C=O) groups excluding carboxylic acids is 1. The summed E-state index contributed by atoms with van der Waals surface area (Å²) in [7, 11) is -3.46. The monoisotopic (exact) mass is 443 g/mol. The molecular weight excluding hydrogens is 421 g/mol. The summed E-state index contributed by atoms with van der Waals surface area (Å²) in [6, 6.07) is 14.5. The smallest absolute Gasteiger partial charge is 0.227 e. The summed E-state index contributed by atoms with van der Waals surface area (Å²) in [5.41, 5.74) is 1.10. The largest absolute Gasteiger partial charge is 0.331 e. The molecule has 3 aromatic rings. The van der Waals surface area contributed by atoms with E-state index in [4.69, 9.17) is 0 Å². The Labute approximate surface area is 179 Å². The van der Waals surface area contributed by atoms with Crippen LogP contribution in [-0.2, 0) is 21.2 Å². The molecule has 2 heterocycles. The summed E-state index contributed by atoms with van der Waals surface area (Å²) in [6.07, 6.45) is 1.28. The highest BCUT2D eigenvalue weighted by Gasteiger charge is 2.39. The minimum absolute atomic E-state index is 0.131. The molecule has 8 nitrogen and oxygen atoms in total. The van der Waals surface area contributed by atoms with Gasteiger partial charge in [0.25, 0.3) is 0 Å². The van der Waals surface area contributed by atoms with Crippen molar-refractivity contribution in [3.63, 3.8) is 0 Å². The van der Waals surface area contributed by atoms with Crippen molar-refractivity contribution in [2.45, 2.75) is 24.9 Å². The number of benzene rings is 2. The van der Waals surface area contributed by atoms with Crippen molar-refractivity contribution >= 4 is 15.9 Å². The minimum Gasteiger partial charge on any atom is -0.331 e. The number of nitrogens with one attached hydrogen (secondary N) is 2. The Morgan fingerprint density at radius 2 is 1.90 bits per heavy atom. The number of H-pyrrole nitrogens is 1. The quantitative estimate of drug-likeness (QED) is 0.606. The van der Waals surface area contributed by atoms with Gasteiger partial charge in [0.2, 0.25) is 15.9 Å². The molecule has 1 saturated heterocycles. The molecular formula is C21H22FN5O3S. The molecule has 31 heavy (non-hydrogen) atoms. The number of aromatic amines is 1. The fourth-order valence-corrected chi connectivity index (χ4v) is 4.58. The standard InChI is InChI=1S/C21H22FN5O3S/c1-31(29,30)26-16-12-18(21-23-20(24-25-21)14-7-3-2-4-8-14)27(13-16)19(28)11-15-9-5-6-10-17(15)22/h2-10,16,18,26H,11-13H2,1H3,(H,23,24,25)/t16-,18-/m0/s1. The van der Waals surface area contributed by atoms with Crippen molar-refractivity contribution in [2.24, 2.45) is 0 Å². The molecule has 4 rings (SSSR count). The summed E-state index contributed by atoms with van der Waals surface area (Å²) in [5.74, 6) is 0.171. The highest BCUT2D eigenvalue weighted by molar-refractivity contribution is 7.88. The molecule has 0 spiro atoms. The van der Waals surface area contributed by atoms with E-state index in [1.807, 2.05) is 30.3 Å². The molecule has 1 aliphatic heterocycles. The Balaban J connectivity index is 1.60. The fraction of sp³-hybridized carbons (Fsp3) is 0.286. The third-order valence-corrected chi connectivity index (χ3v) is 5.91. The summed E-state index contributed by atoms with van der Waals surface area (Å²) >= 11 is 0. The number of aromatic nitrogens is 3. The second-order valence-corrected chi connectivity index (χ2v) is 9.34. The second kappa shape index (κ2) is 8.56. The first-order valence-corrected chi connectivity index (χ1v) is 11.7. The van der Waals surface area contributed by atoms with E-state index in [2.05, 4.69) is 19.9 Å². The van der Waals surface area contributed by atoms with Crippen LogP contribution in [-0.4, -0.2) is 53.2 Å². The maximum atomic E-state index is 14.1. The Kier molecular flexibility index (Phi) is 5.84. The molecule has 2 N–H and O–H groups in total. The Morgan fingerprint density at radius 3 is 2.61 bits per heavy atom. The van der Waals surface area contributed by atoms with Crippen LogP contribution in [0.3, 0.4) is 0 Å². The number of likely N-dealkylation sites (tertiary alicyclic amines) is 1. The molecule has 0 radical (unpaired) electrons. The van der Waals surface area contributed by atoms with Crippen molar-refractivity contribution in [3.8, 4) is 11.4 Å². The molecule has 0 unspecified atom stereocenters. The van der Waals surface area contributed by atoms with E-state index >= 15 is 0 Å². The highest BCUT2D eigenvalue weighted by atomic mass is 32.2. The average Bonchev–Trinajstić information content (AvgIpc) is 3.36. The van der Waals surface area contributed by atoms with Crippen LogP contribution in [0.2, 0.25) is 0 Å². The average molecular weight is 444 g/mol. The van der Waals surface area contributed by atoms with Crippen LogP contribution in [0.4, 0.5) is 4.39 Å². The molecule has 162 valence electrons. The van der Waals surface area contributed by atoms with Gasteiger partial charge in [-0.2, -0.15) is 5.10 Å². The second-order valence-electron chi connectivity index (χ2n) is 7.56. The molecule has 0 bridgehead atoms. The third-order valence-electron chi connectivity index (χ3n) is 5.15. The van der Waals surface area contributed by atoms with Gasteiger partial charge in [0.15, 0.2) is 5.82 Å². The number of nitrogens with zero attached hydrogens (tertiary/aromatic N) is 3. The van der Waals surface area contributed by atoms with E-state index in [0.717, 1.165) is 11.8 Å². The van der Waals surface area contributed by atoms with Crippen molar-refractivity contribution < 1.29 is 17.6 Å². The lowest BCUT2D eigenvalue weighted by Gasteiger charge is -2.23. The third kappa shape index (κ3) is 4.97. The maximum Gasteiger partial charge on any atom is 0.227 e. The number of amides is 1. The minimum atomic E-state index is -3.46. The van der Waals surface area contributed by atoms with Crippen LogP contribution in [0.15, 0.2) is 54.6 Å². The summed E-state index contributed by atoms with van der Waals surface area (Å²) in [5, 5.41) is 7.13. The SMILES string of the molecule is CS(=O)(=O)N[C@H]1C[C@@H](c2nc(-c3ccccc3)n[nH]2)N(C(=O)Cc2ccccc2F)C1. The lowest BCUT2D eigenvalue weighted by Crippen LogP contribution is -2.38. The number of halogens is 1. The molecule has 2 atom stereocenters. The first-order valence-electron chi connectivity index (χ1n) is 9.78. The molecule has 1 aromatic heterocycles. The van der Waals surface area contributed by atoms with Gasteiger partial charge in [-0.25, -0.2) is 22.5 Å². The lowest BCUT2D eigenvalue weighted by atomic mass is 10.1. The van der Waals surface area contributed by atoms with Crippen LogP contribution in [0.5, 0.6) is 0 Å². The Morgan fingerprint density at radius 1 is 1.19 bits per heavy atom. The highest BCUT2D eigenvalue weighted by Crippen LogP contribution is 2.32. The molecule has 0 saturated carbocycles. The normalized spacial score (nSPS) is 19.0. The van der Waals surface area contributed by atoms with Gasteiger partial charge in [-0.1, -0.05) is 48.5 Å². The predicted octanol–water partition coefficient (Wildman–Crippen LogP) is 2.04. The van der Waals surface area contributed by atoms with E-state index in [1.54, 1.807) is 18.2 Å². The number of hydrogen-bond donors (Lipinski definition) is 2. The van der Waals surface area contributed by atoms with Gasteiger partial charge < -0.3 is 4.90 Å². The zero-order chi connectivity index (χ0) is 22.0. The fourth-order valence-electron chi connectivity index (χ4n) is 3.80. The van der Waals surface area contributed by atoms with E-state index in [1.165, 1.54) is 11.0 Å². The first kappa shape index (κ1) is 21.1. The van der Waals surface area contributed by atoms with Crippen molar-refractivity contribution in [1.82, 2.24) is 24.8 Å². The zero-order valence-corrected chi connectivity index (χ0v) is 17.6. The van der Waals surface area contributed by atoms with Gasteiger partial charge in [-0.3, -0.25) is 9.89 Å². The molecule has 1 fully saturated rings. The van der Waals surface area contributed by atoms with Crippen molar-refractivity contribution in [3.05, 3.63) is 71.8 Å². The van der Waals surface area contributed by atoms with Gasteiger partial charge in [0.1, 0.15) is 11.6 Å². The molecule has 2 aromatic carbocycles. The van der Waals surface area contributed by atoms with Gasteiger partial charge >= 0.3 is 0 Å². The number of rotatable bonds is 6. The van der Waals surface area contributed by atoms with E-state index in [-0.39, 0.29) is 24.4 Å². The first-order chi connectivity index (χ1) is 14.8. The van der Waals surface area contributed by atoms with E-state index in [9.17, 15) is 17.6 Å². The van der Waals surface area contributed by atoms with Crippen molar-refractivity contribution in [1.29, 1.82) is 0 Å². The summed E-state index contributed by atoms with van der Waals surface area (Å²) in [4.78, 5) is 19.1. The van der Waals surface area contributed by atoms with Crippen LogP contribution in [0.25, 0.3) is 11.4 Å². The summed E-state index contributed by atoms with van der Waals surface area (Å²) in [6.45, 7) is 0.159. The topological polar surface area (TPSA) is 108 Å². The Hall–Kier alpha value is -3.11. The maximum absolute atomic E-state index is 14.1. The lowest BCUT2D eigenvalue weighted by molar-refractivity contribution is -0.131. The molecule has 1 amide bonds. The number of sulfonamides is 1. The van der Waals surface area contributed by atoms with Crippen molar-refractivity contribution in [2.75, 3.05) is 12.8 Å². The predicted molar refractivity (Wildman–Crippen MR) is 113 cm³/mol. The molecule has 10 heteroatoms. The van der Waals surface area contributed by atoms with Gasteiger partial charge in [-0.05, 0) is 18.1 Å². The van der Waals surface area contributed by atoms with Crippen LogP contribution < -0.4 is 4.72 Å². The Bertz CT molecular complexity index is 1180. The van der Waals surface area contributed by atoms with Crippen LogP contribution >= 0.6 is 0 Å². The van der Waals surface area contributed by atoms with Gasteiger partial charge in [0.05, 0.1) is 18.7 Å². The number of carbonyl (C=O) groups is 1. The van der Waals surface area contributed by atoms with E-state index in [0.29, 0.717) is 18.1 Å².